The molecular formula is C127H184N2OS3. The molecule has 13 aromatic carbocycles. The van der Waals surface area contributed by atoms with Crippen molar-refractivity contribution in [3.8, 4) is 22.3 Å². The van der Waals surface area contributed by atoms with Crippen LogP contribution in [0.3, 0.4) is 0 Å². The molecule has 6 aromatic heterocycles. The Bertz CT molecular complexity index is 5120. The standard InChI is InChI=1S/C25H16.2C13H11N.C12H8O.C12H8S.C8H6S.C4H4S.20C2H6/c1-5-13-21-17(9-1)18-10-2-6-14-22(18)25(21)23-15-7-3-11-19(23)20-12-4-8-16-24(20)25;2*1-14-12-8-4-2-6-10(12)11-7-3-5-9-13(11)14;2*1-3-7-11-9(5-1)10-6-2-4-8-12(10)13-11;1-2-4-8-7(3-1)5-6-9-8;1-2-4-5-3-1;20*1-2/h1-16H;2*2-9H,1H3;2*1-8H;1-6H;1-4H;20*1-2H3. The first-order chi connectivity index (χ1) is 66.0. The van der Waals surface area contributed by atoms with Crippen LogP contribution in [0.25, 0.3) is 118 Å². The lowest BCUT2D eigenvalue weighted by Gasteiger charge is -2.30. The molecule has 0 N–H and O–H groups in total. The molecule has 0 saturated heterocycles. The van der Waals surface area contributed by atoms with Gasteiger partial charge in [-0.1, -0.05) is 550 Å². The molecule has 3 nitrogen and oxygen atoms in total. The average molecular weight is 1850 g/mol. The van der Waals surface area contributed by atoms with Crippen molar-refractivity contribution in [2.24, 2.45) is 14.1 Å². The van der Waals surface area contributed by atoms with E-state index in [1.165, 1.54) is 129 Å². The number of benzene rings is 13. The van der Waals surface area contributed by atoms with Crippen molar-refractivity contribution in [1.29, 1.82) is 0 Å². The third-order valence-corrected chi connectivity index (χ3v) is 20.6. The molecule has 726 valence electrons. The van der Waals surface area contributed by atoms with Crippen LogP contribution in [-0.2, 0) is 19.5 Å². The van der Waals surface area contributed by atoms with Gasteiger partial charge in [0, 0.05) is 93.4 Å². The van der Waals surface area contributed by atoms with Gasteiger partial charge in [-0.3, -0.25) is 0 Å². The van der Waals surface area contributed by atoms with Gasteiger partial charge in [0.1, 0.15) is 11.2 Å². The zero-order chi connectivity index (χ0) is 103. The Morgan fingerprint density at radius 1 is 0.188 bits per heavy atom. The van der Waals surface area contributed by atoms with Crippen molar-refractivity contribution in [3.05, 3.63) is 372 Å². The van der Waals surface area contributed by atoms with Crippen LogP contribution in [-0.4, -0.2) is 9.13 Å². The van der Waals surface area contributed by atoms with Gasteiger partial charge in [-0.15, -0.1) is 22.7 Å². The summed E-state index contributed by atoms with van der Waals surface area (Å²) >= 11 is 5.36. The topological polar surface area (TPSA) is 23.0 Å². The van der Waals surface area contributed by atoms with E-state index in [0.717, 1.165) is 11.2 Å². The van der Waals surface area contributed by atoms with Crippen LogP contribution in [0.1, 0.15) is 299 Å². The highest BCUT2D eigenvalue weighted by Gasteiger charge is 2.51. The molecule has 0 saturated carbocycles. The molecule has 1 spiro atoms. The SMILES string of the molecule is CC.CC.CC.CC.CC.CC.CC.CC.CC.CC.CC.CC.CC.CC.CC.CC.CC.CC.CC.CC.Cn1c2ccccc2c2ccccc21.Cn1c2ccccc2c2ccccc21.c1ccc2c(c1)-c1ccccc1C21c2ccccc2-c2ccccc21.c1ccc2c(c1)oc1ccccc12.c1ccc2c(c1)sc1ccccc12.c1ccc2sccc2c1.c1ccsc1. The van der Waals surface area contributed by atoms with E-state index in [2.05, 4.69) is 314 Å². The maximum absolute atomic E-state index is 5.65. The summed E-state index contributed by atoms with van der Waals surface area (Å²) in [6, 6.07) is 118. The molecule has 21 rings (SSSR count). The van der Waals surface area contributed by atoms with E-state index in [4.69, 9.17) is 4.42 Å². The van der Waals surface area contributed by atoms with E-state index in [1.807, 2.05) is 348 Å². The summed E-state index contributed by atoms with van der Waals surface area (Å²) < 4.78 is 14.3. The van der Waals surface area contributed by atoms with Crippen LogP contribution >= 0.6 is 34.0 Å². The summed E-state index contributed by atoms with van der Waals surface area (Å²) in [5.74, 6) is 0. The van der Waals surface area contributed by atoms with E-state index in [0.29, 0.717) is 0 Å². The van der Waals surface area contributed by atoms with E-state index < -0.39 is 0 Å². The Morgan fingerprint density at radius 3 is 0.654 bits per heavy atom. The summed E-state index contributed by atoms with van der Waals surface area (Å²) in [5, 5.41) is 18.0. The van der Waals surface area contributed by atoms with Crippen molar-refractivity contribution in [2.45, 2.75) is 282 Å². The minimum atomic E-state index is -0.180. The Labute approximate surface area is 827 Å². The van der Waals surface area contributed by atoms with Gasteiger partial charge in [-0.05, 0) is 127 Å². The number of fused-ring (bicyclic) bond motifs is 23. The Morgan fingerprint density at radius 2 is 0.398 bits per heavy atom. The fraction of sp³-hybridized carbons (Fsp3) is 0.339. The molecule has 0 unspecified atom stereocenters. The van der Waals surface area contributed by atoms with E-state index in [1.54, 1.807) is 22.7 Å². The number of rotatable bonds is 0. The summed E-state index contributed by atoms with van der Waals surface area (Å²) in [5.41, 5.74) is 18.0. The van der Waals surface area contributed by atoms with Crippen molar-refractivity contribution in [2.75, 3.05) is 0 Å². The summed E-state index contributed by atoms with van der Waals surface area (Å²) in [4.78, 5) is 0. The highest BCUT2D eigenvalue weighted by molar-refractivity contribution is 7.25. The highest BCUT2D eigenvalue weighted by atomic mass is 32.1. The van der Waals surface area contributed by atoms with E-state index in [-0.39, 0.29) is 5.41 Å². The number of hydrogen-bond acceptors (Lipinski definition) is 4. The molecule has 0 atom stereocenters. The van der Waals surface area contributed by atoms with Gasteiger partial charge >= 0.3 is 0 Å². The lowest BCUT2D eigenvalue weighted by atomic mass is 9.70. The minimum Gasteiger partial charge on any atom is -0.456 e. The largest absolute Gasteiger partial charge is 0.456 e. The smallest absolute Gasteiger partial charge is 0.135 e. The van der Waals surface area contributed by atoms with Crippen LogP contribution in [0, 0.1) is 0 Å². The van der Waals surface area contributed by atoms with Crippen molar-refractivity contribution in [3.63, 3.8) is 0 Å². The molecule has 0 bridgehead atoms. The number of nitrogens with zero attached hydrogens (tertiary/aromatic N) is 2. The lowest BCUT2D eigenvalue weighted by molar-refractivity contribution is 0.669. The maximum atomic E-state index is 5.65. The van der Waals surface area contributed by atoms with Crippen molar-refractivity contribution in [1.82, 2.24) is 9.13 Å². The molecule has 19 aromatic rings. The van der Waals surface area contributed by atoms with Crippen molar-refractivity contribution >= 4 is 130 Å². The number of furan rings is 1. The minimum absolute atomic E-state index is 0.180. The molecule has 0 fully saturated rings. The molecule has 0 amide bonds. The second-order valence-electron chi connectivity index (χ2n) is 23.1. The summed E-state index contributed by atoms with van der Waals surface area (Å²) in [6.07, 6.45) is 0. The summed E-state index contributed by atoms with van der Waals surface area (Å²) in [6.45, 7) is 80.0. The number of aryl methyl sites for hydroxylation is 2. The zero-order valence-electron chi connectivity index (χ0n) is 91.5. The molecule has 133 heavy (non-hydrogen) atoms. The predicted molar refractivity (Wildman–Crippen MR) is 630 cm³/mol. The van der Waals surface area contributed by atoms with Crippen molar-refractivity contribution < 1.29 is 4.42 Å². The van der Waals surface area contributed by atoms with Crippen LogP contribution in [0.4, 0.5) is 0 Å². The van der Waals surface area contributed by atoms with Crippen LogP contribution in [0.2, 0.25) is 0 Å². The number of thiophene rings is 3. The highest BCUT2D eigenvalue weighted by Crippen LogP contribution is 2.62. The fourth-order valence-corrected chi connectivity index (χ4v) is 16.1. The zero-order valence-corrected chi connectivity index (χ0v) is 94.0. The van der Waals surface area contributed by atoms with Crippen LogP contribution < -0.4 is 0 Å². The Balaban J connectivity index is -0.000000339. The van der Waals surface area contributed by atoms with Gasteiger partial charge in [0.15, 0.2) is 0 Å². The van der Waals surface area contributed by atoms with Crippen LogP contribution in [0.15, 0.2) is 354 Å². The van der Waals surface area contributed by atoms with E-state index >= 15 is 0 Å². The summed E-state index contributed by atoms with van der Waals surface area (Å²) in [7, 11) is 4.23. The van der Waals surface area contributed by atoms with Crippen LogP contribution in [0.5, 0.6) is 0 Å². The first kappa shape index (κ1) is 133. The quantitative estimate of drug-likeness (QED) is 0.148. The number of para-hydroxylation sites is 6. The maximum Gasteiger partial charge on any atom is 0.135 e. The molecule has 2 aliphatic rings. The molecule has 0 radical (unpaired) electrons. The second-order valence-corrected chi connectivity index (χ2v) is 25.9. The predicted octanol–water partition coefficient (Wildman–Crippen LogP) is 45.5. The third-order valence-electron chi connectivity index (χ3n) is 17.9. The van der Waals surface area contributed by atoms with Gasteiger partial charge in [0.2, 0.25) is 0 Å². The van der Waals surface area contributed by atoms with Gasteiger partial charge in [0.05, 0.1) is 5.41 Å². The lowest BCUT2D eigenvalue weighted by Crippen LogP contribution is -2.25. The molecular weight excluding hydrogens is 1670 g/mol. The Kier molecular flexibility index (Phi) is 87.7. The van der Waals surface area contributed by atoms with E-state index in [9.17, 15) is 0 Å². The fourth-order valence-electron chi connectivity index (χ4n) is 13.8. The molecule has 6 heteroatoms. The number of aromatic nitrogens is 2. The second kappa shape index (κ2) is 87.8. The molecule has 6 heterocycles. The first-order valence-corrected chi connectivity index (χ1v) is 54.0. The van der Waals surface area contributed by atoms with Gasteiger partial charge in [-0.25, -0.2) is 0 Å². The normalized spacial score (nSPS) is 9.19. The van der Waals surface area contributed by atoms with Gasteiger partial charge in [0.25, 0.3) is 0 Å². The molecule has 0 aliphatic heterocycles. The number of hydrogen-bond donors (Lipinski definition) is 0. The average Bonchev–Trinajstić information content (AvgIpc) is 1.51. The third kappa shape index (κ3) is 37.2. The van der Waals surface area contributed by atoms with Gasteiger partial charge < -0.3 is 13.6 Å². The molecule has 2 aliphatic carbocycles. The van der Waals surface area contributed by atoms with Gasteiger partial charge in [-0.2, -0.15) is 11.3 Å². The monoisotopic (exact) mass is 1850 g/mol. The Hall–Kier alpha value is -10.9. The first-order valence-electron chi connectivity index (χ1n) is 51.4.